The van der Waals surface area contributed by atoms with Gasteiger partial charge in [-0.3, -0.25) is 0 Å². The summed E-state index contributed by atoms with van der Waals surface area (Å²) in [7, 11) is 0. The summed E-state index contributed by atoms with van der Waals surface area (Å²) in [6.45, 7) is 7.34. The molecule has 0 heterocycles. The van der Waals surface area contributed by atoms with Crippen LogP contribution in [0, 0.1) is 17.3 Å². The largest absolute Gasteiger partial charge is 0.0928 e. The summed E-state index contributed by atoms with van der Waals surface area (Å²) in [5, 5.41) is 1.18. The summed E-state index contributed by atoms with van der Waals surface area (Å²) < 4.78 is 0. The van der Waals surface area contributed by atoms with Crippen molar-refractivity contribution in [2.24, 2.45) is 17.3 Å². The molecule has 0 spiro atoms. The Morgan fingerprint density at radius 3 is 2.38 bits per heavy atom. The van der Waals surface area contributed by atoms with Crippen molar-refractivity contribution in [1.82, 2.24) is 0 Å². The Morgan fingerprint density at radius 2 is 1.92 bits per heavy atom. The molecule has 1 rings (SSSR count). The summed E-state index contributed by atoms with van der Waals surface area (Å²) >= 11 is 3.50. The monoisotopic (exact) mass is 246 g/mol. The molecule has 13 heavy (non-hydrogen) atoms. The Hall–Kier alpha value is 0.480. The number of alkyl halides is 1. The van der Waals surface area contributed by atoms with Crippen LogP contribution in [-0.2, 0) is 0 Å². The second kappa shape index (κ2) is 4.82. The highest BCUT2D eigenvalue weighted by atomic mass is 79.9. The van der Waals surface area contributed by atoms with Gasteiger partial charge in [-0.05, 0) is 42.9 Å². The fourth-order valence-corrected chi connectivity index (χ4v) is 3.00. The van der Waals surface area contributed by atoms with Crippen molar-refractivity contribution in [1.29, 1.82) is 0 Å². The summed E-state index contributed by atoms with van der Waals surface area (Å²) in [5.74, 6) is 1.92. The molecule has 1 aliphatic rings. The van der Waals surface area contributed by atoms with Crippen LogP contribution in [0.2, 0.25) is 0 Å². The Bertz CT molecular complexity index is 151. The molecule has 0 amide bonds. The first-order valence-electron chi connectivity index (χ1n) is 5.65. The highest BCUT2D eigenvalue weighted by Crippen LogP contribution is 2.49. The van der Waals surface area contributed by atoms with E-state index in [1.54, 1.807) is 0 Å². The number of halogens is 1. The Morgan fingerprint density at radius 1 is 1.23 bits per heavy atom. The van der Waals surface area contributed by atoms with Gasteiger partial charge in [0, 0.05) is 5.33 Å². The lowest BCUT2D eigenvalue weighted by Gasteiger charge is -2.31. The Labute approximate surface area is 91.6 Å². The predicted molar refractivity (Wildman–Crippen MR) is 63.3 cm³/mol. The first-order valence-corrected chi connectivity index (χ1v) is 6.77. The molecule has 0 aromatic carbocycles. The SMILES string of the molecule is CC1CCC(CCCCBr)C1(C)C. The standard InChI is InChI=1S/C12H23Br/c1-10-7-8-11(12(10,2)3)6-4-5-9-13/h10-11H,4-9H2,1-3H3. The molecule has 2 atom stereocenters. The first-order chi connectivity index (χ1) is 6.09. The summed E-state index contributed by atoms with van der Waals surface area (Å²) in [4.78, 5) is 0. The van der Waals surface area contributed by atoms with Crippen LogP contribution < -0.4 is 0 Å². The summed E-state index contributed by atoms with van der Waals surface area (Å²) in [5.41, 5.74) is 0.603. The van der Waals surface area contributed by atoms with Gasteiger partial charge in [-0.15, -0.1) is 0 Å². The fourth-order valence-electron chi connectivity index (χ4n) is 2.60. The van der Waals surface area contributed by atoms with Crippen molar-refractivity contribution < 1.29 is 0 Å². The number of rotatable bonds is 4. The molecule has 2 unspecified atom stereocenters. The van der Waals surface area contributed by atoms with E-state index in [-0.39, 0.29) is 0 Å². The van der Waals surface area contributed by atoms with E-state index >= 15 is 0 Å². The Kier molecular flexibility index (Phi) is 4.28. The van der Waals surface area contributed by atoms with E-state index in [4.69, 9.17) is 0 Å². The maximum absolute atomic E-state index is 3.50. The molecule has 1 fully saturated rings. The number of unbranched alkanes of at least 4 members (excludes halogenated alkanes) is 1. The minimum absolute atomic E-state index is 0.603. The van der Waals surface area contributed by atoms with E-state index in [9.17, 15) is 0 Å². The van der Waals surface area contributed by atoms with Gasteiger partial charge in [0.25, 0.3) is 0 Å². The quantitative estimate of drug-likeness (QED) is 0.502. The average Bonchev–Trinajstić information content (AvgIpc) is 2.32. The molecule has 0 radical (unpaired) electrons. The number of hydrogen-bond acceptors (Lipinski definition) is 0. The van der Waals surface area contributed by atoms with E-state index < -0.39 is 0 Å². The smallest absolute Gasteiger partial charge is 0.00313 e. The molecule has 0 bridgehead atoms. The Balaban J connectivity index is 2.34. The third-order valence-electron chi connectivity index (χ3n) is 4.21. The minimum Gasteiger partial charge on any atom is -0.0928 e. The van der Waals surface area contributed by atoms with Crippen LogP contribution in [-0.4, -0.2) is 5.33 Å². The maximum Gasteiger partial charge on any atom is 0.00313 e. The van der Waals surface area contributed by atoms with Crippen molar-refractivity contribution in [2.45, 2.75) is 52.9 Å². The molecule has 1 saturated carbocycles. The van der Waals surface area contributed by atoms with Crippen LogP contribution in [0.4, 0.5) is 0 Å². The lowest BCUT2D eigenvalue weighted by Crippen LogP contribution is -2.23. The van der Waals surface area contributed by atoms with Crippen molar-refractivity contribution in [3.05, 3.63) is 0 Å². The van der Waals surface area contributed by atoms with Crippen LogP contribution in [0.3, 0.4) is 0 Å². The second-order valence-corrected chi connectivity index (χ2v) is 5.97. The molecule has 1 heteroatoms. The minimum atomic E-state index is 0.603. The van der Waals surface area contributed by atoms with Gasteiger partial charge < -0.3 is 0 Å². The van der Waals surface area contributed by atoms with Crippen molar-refractivity contribution in [2.75, 3.05) is 5.33 Å². The lowest BCUT2D eigenvalue weighted by atomic mass is 9.74. The van der Waals surface area contributed by atoms with E-state index in [1.807, 2.05) is 0 Å². The molecule has 1 aliphatic carbocycles. The normalized spacial score (nSPS) is 32.3. The second-order valence-electron chi connectivity index (χ2n) is 5.18. The topological polar surface area (TPSA) is 0 Å². The lowest BCUT2D eigenvalue weighted by molar-refractivity contribution is 0.186. The molecule has 0 saturated heterocycles. The fraction of sp³-hybridized carbons (Fsp3) is 1.00. The average molecular weight is 247 g/mol. The molecule has 0 aromatic heterocycles. The highest BCUT2D eigenvalue weighted by Gasteiger charge is 2.39. The molecular weight excluding hydrogens is 224 g/mol. The van der Waals surface area contributed by atoms with Gasteiger partial charge >= 0.3 is 0 Å². The number of hydrogen-bond donors (Lipinski definition) is 0. The third kappa shape index (κ3) is 2.71. The van der Waals surface area contributed by atoms with Crippen LogP contribution in [0.5, 0.6) is 0 Å². The van der Waals surface area contributed by atoms with E-state index in [2.05, 4.69) is 36.7 Å². The van der Waals surface area contributed by atoms with Gasteiger partial charge in [0.1, 0.15) is 0 Å². The van der Waals surface area contributed by atoms with Gasteiger partial charge in [0.05, 0.1) is 0 Å². The van der Waals surface area contributed by atoms with Crippen molar-refractivity contribution >= 4 is 15.9 Å². The first kappa shape index (κ1) is 11.6. The zero-order valence-electron chi connectivity index (χ0n) is 9.28. The van der Waals surface area contributed by atoms with Gasteiger partial charge in [-0.25, -0.2) is 0 Å². The molecule has 78 valence electrons. The van der Waals surface area contributed by atoms with E-state index in [0.29, 0.717) is 5.41 Å². The highest BCUT2D eigenvalue weighted by molar-refractivity contribution is 9.09. The van der Waals surface area contributed by atoms with E-state index in [1.165, 1.54) is 37.4 Å². The third-order valence-corrected chi connectivity index (χ3v) is 4.77. The maximum atomic E-state index is 3.50. The van der Waals surface area contributed by atoms with Gasteiger partial charge in [-0.1, -0.05) is 43.1 Å². The van der Waals surface area contributed by atoms with Gasteiger partial charge in [0.2, 0.25) is 0 Å². The van der Waals surface area contributed by atoms with Crippen LogP contribution in [0.15, 0.2) is 0 Å². The molecule has 0 N–H and O–H groups in total. The molecule has 0 aromatic rings. The zero-order valence-corrected chi connectivity index (χ0v) is 10.9. The van der Waals surface area contributed by atoms with Crippen LogP contribution in [0.25, 0.3) is 0 Å². The van der Waals surface area contributed by atoms with E-state index in [0.717, 1.165) is 11.8 Å². The zero-order chi connectivity index (χ0) is 9.90. The van der Waals surface area contributed by atoms with Crippen molar-refractivity contribution in [3.8, 4) is 0 Å². The molecular formula is C12H23Br. The van der Waals surface area contributed by atoms with Crippen LogP contribution in [0.1, 0.15) is 52.9 Å². The van der Waals surface area contributed by atoms with Gasteiger partial charge in [0.15, 0.2) is 0 Å². The molecule has 0 nitrogen and oxygen atoms in total. The summed E-state index contributed by atoms with van der Waals surface area (Å²) in [6.07, 6.45) is 7.12. The summed E-state index contributed by atoms with van der Waals surface area (Å²) in [6, 6.07) is 0. The van der Waals surface area contributed by atoms with Crippen LogP contribution >= 0.6 is 15.9 Å². The molecule has 0 aliphatic heterocycles. The van der Waals surface area contributed by atoms with Gasteiger partial charge in [-0.2, -0.15) is 0 Å². The predicted octanol–water partition coefficient (Wildman–Crippen LogP) is 4.62. The van der Waals surface area contributed by atoms with Crippen molar-refractivity contribution in [3.63, 3.8) is 0 Å².